The summed E-state index contributed by atoms with van der Waals surface area (Å²) in [5, 5.41) is 2.82. The molecule has 0 saturated heterocycles. The third-order valence-corrected chi connectivity index (χ3v) is 6.54. The minimum Gasteiger partial charge on any atom is -0.464 e. The van der Waals surface area contributed by atoms with Gasteiger partial charge in [0.05, 0.1) is 6.42 Å². The lowest BCUT2D eigenvalue weighted by molar-refractivity contribution is -0.122. The Hall–Kier alpha value is -0.0400. The van der Waals surface area contributed by atoms with E-state index < -0.39 is 0 Å². The van der Waals surface area contributed by atoms with E-state index in [1.54, 1.807) is 33.5 Å². The normalized spacial score (nSPS) is 11.8. The lowest BCUT2D eigenvalue weighted by atomic mass is 10.4. The van der Waals surface area contributed by atoms with E-state index in [9.17, 15) is 4.79 Å². The van der Waals surface area contributed by atoms with Gasteiger partial charge in [-0.2, -0.15) is 5.48 Å². The van der Waals surface area contributed by atoms with Crippen LogP contribution in [0.4, 0.5) is 0 Å². The number of ether oxygens (including phenoxy) is 1. The molecule has 0 radical (unpaired) electrons. The van der Waals surface area contributed by atoms with Crippen LogP contribution in [-0.4, -0.2) is 61.5 Å². The molecule has 0 saturated carbocycles. The zero-order valence-electron chi connectivity index (χ0n) is 14.0. The number of hydroxylamine groups is 1. The number of hydrogen-bond donors (Lipinski definition) is 4. The fourth-order valence-electron chi connectivity index (χ4n) is 1.14. The third-order valence-electron chi connectivity index (χ3n) is 2.08. The van der Waals surface area contributed by atoms with E-state index in [1.165, 1.54) is 0 Å². The van der Waals surface area contributed by atoms with Crippen molar-refractivity contribution in [1.29, 1.82) is 0 Å². The van der Waals surface area contributed by atoms with Gasteiger partial charge in [0.15, 0.2) is 0 Å². The summed E-state index contributed by atoms with van der Waals surface area (Å²) in [4.78, 5) is 16.7. The molecule has 1 amide bonds. The smallest absolute Gasteiger partial charge is 0.292 e. The average molecular weight is 417 g/mol. The van der Waals surface area contributed by atoms with Crippen molar-refractivity contribution < 1.29 is 14.4 Å². The molecule has 0 aliphatic heterocycles. The van der Waals surface area contributed by atoms with E-state index in [4.69, 9.17) is 15.3 Å². The first-order valence-corrected chi connectivity index (χ1v) is 12.6. The van der Waals surface area contributed by atoms with Gasteiger partial charge in [0.25, 0.3) is 5.95 Å². The minimum absolute atomic E-state index is 0.0371. The Labute approximate surface area is 159 Å². The standard InChI is InChI=1S/C13H28N4O3S4/c1-12(20-16-7-10-21-17-24(2)3)19-8-4-13(18)15-6-11-23-22-9-5-14/h16-17H,1-2,4-11,14H2,3H3,(H,15,18). The first kappa shape index (κ1) is 24.0. The van der Waals surface area contributed by atoms with Crippen molar-refractivity contribution in [3.8, 4) is 0 Å². The fraction of sp³-hybridized carbons (Fsp3) is 0.692. The number of nitrogens with two attached hydrogens (primary N) is 1. The molecule has 0 spiro atoms. The molecule has 5 N–H and O–H groups in total. The molecule has 0 heterocycles. The Morgan fingerprint density at radius 2 is 2.00 bits per heavy atom. The molecule has 7 nitrogen and oxygen atoms in total. The molecular formula is C13H28N4O3S4. The highest BCUT2D eigenvalue weighted by Crippen LogP contribution is 2.18. The average Bonchev–Trinajstić information content (AvgIpc) is 2.53. The molecule has 0 aromatic rings. The van der Waals surface area contributed by atoms with Gasteiger partial charge in [0, 0.05) is 36.9 Å². The number of amides is 1. The topological polar surface area (TPSA) is 97.6 Å². The number of carbonyl (C=O) groups is 1. The zero-order valence-corrected chi connectivity index (χ0v) is 17.3. The van der Waals surface area contributed by atoms with Crippen LogP contribution in [0.25, 0.3) is 0 Å². The van der Waals surface area contributed by atoms with E-state index in [0.717, 1.165) is 17.3 Å². The lowest BCUT2D eigenvalue weighted by Gasteiger charge is -2.11. The molecule has 0 aliphatic carbocycles. The van der Waals surface area contributed by atoms with Crippen LogP contribution in [0.3, 0.4) is 0 Å². The molecule has 0 bridgehead atoms. The quantitative estimate of drug-likeness (QED) is 0.0699. The van der Waals surface area contributed by atoms with Crippen molar-refractivity contribution >= 4 is 56.0 Å². The Bertz CT molecular complexity index is 375. The van der Waals surface area contributed by atoms with Crippen LogP contribution in [0.1, 0.15) is 6.42 Å². The minimum atomic E-state index is -0.0502. The maximum atomic E-state index is 11.6. The fourth-order valence-corrected chi connectivity index (χ4v) is 4.23. The number of carbonyl (C=O) groups excluding carboxylic acids is 1. The molecule has 0 fully saturated rings. The largest absolute Gasteiger partial charge is 0.464 e. The highest BCUT2D eigenvalue weighted by molar-refractivity contribution is 8.76. The van der Waals surface area contributed by atoms with Crippen LogP contribution in [0.15, 0.2) is 12.5 Å². The second-order valence-corrected chi connectivity index (χ2v) is 9.66. The van der Waals surface area contributed by atoms with Crippen molar-refractivity contribution in [3.05, 3.63) is 12.5 Å². The number of rotatable bonds is 17. The van der Waals surface area contributed by atoms with Gasteiger partial charge in [-0.15, -0.1) is 10.7 Å². The van der Waals surface area contributed by atoms with Crippen molar-refractivity contribution in [3.63, 3.8) is 0 Å². The molecular weight excluding hydrogens is 388 g/mol. The maximum Gasteiger partial charge on any atom is 0.292 e. The van der Waals surface area contributed by atoms with E-state index in [1.807, 2.05) is 6.26 Å². The van der Waals surface area contributed by atoms with Crippen LogP contribution >= 0.6 is 44.2 Å². The second-order valence-electron chi connectivity index (χ2n) is 4.32. The van der Waals surface area contributed by atoms with Crippen molar-refractivity contribution in [2.75, 3.05) is 49.8 Å². The summed E-state index contributed by atoms with van der Waals surface area (Å²) in [7, 11) is 3.38. The highest BCUT2D eigenvalue weighted by atomic mass is 33.1. The van der Waals surface area contributed by atoms with Crippen LogP contribution in [0, 0.1) is 0 Å². The van der Waals surface area contributed by atoms with Crippen LogP contribution < -0.4 is 20.7 Å². The van der Waals surface area contributed by atoms with Crippen molar-refractivity contribution in [2.24, 2.45) is 5.73 Å². The Morgan fingerprint density at radius 1 is 1.25 bits per heavy atom. The highest BCUT2D eigenvalue weighted by Gasteiger charge is 2.03. The van der Waals surface area contributed by atoms with Crippen molar-refractivity contribution in [1.82, 2.24) is 14.9 Å². The van der Waals surface area contributed by atoms with Gasteiger partial charge in [0.2, 0.25) is 5.91 Å². The molecule has 0 aliphatic rings. The van der Waals surface area contributed by atoms with E-state index in [2.05, 4.69) is 27.4 Å². The molecule has 0 rings (SSSR count). The molecule has 0 aromatic heterocycles. The SMILES string of the molecule is C=C(OCCC(=O)NCCSSCCN)ONCCSNS(=C)C. The second kappa shape index (κ2) is 17.8. The number of hydrogen-bond acceptors (Lipinski definition) is 9. The summed E-state index contributed by atoms with van der Waals surface area (Å²) in [6.45, 7) is 5.80. The van der Waals surface area contributed by atoms with Crippen LogP contribution in [-0.2, 0) is 14.4 Å². The third kappa shape index (κ3) is 18.3. The molecule has 11 heteroatoms. The van der Waals surface area contributed by atoms with E-state index in [0.29, 0.717) is 19.6 Å². The lowest BCUT2D eigenvalue weighted by Crippen LogP contribution is -2.26. The predicted molar refractivity (Wildman–Crippen MR) is 112 cm³/mol. The van der Waals surface area contributed by atoms with Gasteiger partial charge >= 0.3 is 0 Å². The Kier molecular flexibility index (Phi) is 17.7. The summed E-state index contributed by atoms with van der Waals surface area (Å²) < 4.78 is 8.37. The van der Waals surface area contributed by atoms with Gasteiger partial charge in [-0.25, -0.2) is 4.13 Å². The van der Waals surface area contributed by atoms with Crippen molar-refractivity contribution in [2.45, 2.75) is 6.42 Å². The number of nitrogens with one attached hydrogen (secondary N) is 3. The first-order chi connectivity index (χ1) is 11.6. The van der Waals surface area contributed by atoms with Gasteiger partial charge in [-0.05, 0) is 12.8 Å². The summed E-state index contributed by atoms with van der Waals surface area (Å²) >= 11 is 1.57. The van der Waals surface area contributed by atoms with Gasteiger partial charge in [0.1, 0.15) is 6.61 Å². The maximum absolute atomic E-state index is 11.6. The molecule has 24 heavy (non-hydrogen) atoms. The Morgan fingerprint density at radius 3 is 2.71 bits per heavy atom. The predicted octanol–water partition coefficient (Wildman–Crippen LogP) is 1.33. The van der Waals surface area contributed by atoms with Gasteiger partial charge in [-0.3, -0.25) is 4.79 Å². The van der Waals surface area contributed by atoms with Crippen LogP contribution in [0.2, 0.25) is 0 Å². The zero-order chi connectivity index (χ0) is 18.0. The molecule has 0 aromatic carbocycles. The first-order valence-electron chi connectivity index (χ1n) is 7.32. The Balaban J connectivity index is 3.37. The van der Waals surface area contributed by atoms with Gasteiger partial charge in [-0.1, -0.05) is 39.4 Å². The molecule has 142 valence electrons. The molecule has 1 atom stereocenters. The van der Waals surface area contributed by atoms with Crippen LogP contribution in [0.5, 0.6) is 0 Å². The van der Waals surface area contributed by atoms with E-state index in [-0.39, 0.29) is 35.6 Å². The summed E-state index contributed by atoms with van der Waals surface area (Å²) in [5.74, 6) is 6.55. The molecule has 1 unspecified atom stereocenters. The summed E-state index contributed by atoms with van der Waals surface area (Å²) in [5.41, 5.74) is 8.13. The van der Waals surface area contributed by atoms with E-state index >= 15 is 0 Å². The summed E-state index contributed by atoms with van der Waals surface area (Å²) in [6.07, 6.45) is 2.27. The van der Waals surface area contributed by atoms with Gasteiger partial charge < -0.3 is 20.6 Å². The summed E-state index contributed by atoms with van der Waals surface area (Å²) in [6, 6.07) is 0. The monoisotopic (exact) mass is 416 g/mol.